The van der Waals surface area contributed by atoms with Crippen LogP contribution in [0.1, 0.15) is 66.8 Å². The second kappa shape index (κ2) is 54.0. The van der Waals surface area contributed by atoms with E-state index in [0.717, 1.165) is 66.8 Å². The first-order valence-corrected chi connectivity index (χ1v) is 37.2. The Morgan fingerprint density at radius 3 is 0.262 bits per heavy atom. The molecule has 0 aliphatic carbocycles. The van der Waals surface area contributed by atoms with Crippen LogP contribution in [0, 0.1) is 0 Å². The van der Waals surface area contributed by atoms with Gasteiger partial charge in [-0.2, -0.15) is 0 Å². The molecule has 0 aliphatic rings. The molecule has 0 spiro atoms. The average Bonchev–Trinajstić information content (AvgIpc) is 1.50. The average molecular weight is 1630 g/mol. The van der Waals surface area contributed by atoms with Gasteiger partial charge in [-0.15, -0.1) is 0 Å². The molecular weight excluding hydrogens is 1540 g/mol. The van der Waals surface area contributed by atoms with E-state index in [1.54, 1.807) is 0 Å². The van der Waals surface area contributed by atoms with Gasteiger partial charge in [0.2, 0.25) is 0 Å². The first-order chi connectivity index (χ1) is 49.6. The van der Waals surface area contributed by atoms with Crippen LogP contribution in [0.4, 0.5) is 0 Å². The molecule has 536 valence electrons. The van der Waals surface area contributed by atoms with Gasteiger partial charge in [0.25, 0.3) is 0 Å². The predicted molar refractivity (Wildman–Crippen MR) is 402 cm³/mol. The number of hydrogen-bond acceptors (Lipinski definition) is 12. The second-order valence-electron chi connectivity index (χ2n) is 22.0. The molecule has 0 aromatic heterocycles. The topological polar surface area (TPSA) is 111 Å². The van der Waals surface area contributed by atoms with Crippen LogP contribution in [0.5, 0.6) is 0 Å². The van der Waals surface area contributed by atoms with E-state index in [0.29, 0.717) is 79.3 Å². The Morgan fingerprint density at radius 1 is 0.126 bits per heavy atom. The molecule has 12 aromatic rings. The molecular formula is C84H84Br2NiO12P4. The molecule has 12 aromatic carbocycles. The minimum absolute atomic E-state index is 0. The number of halogens is 2. The van der Waals surface area contributed by atoms with E-state index in [-0.39, 0.29) is 50.5 Å². The fourth-order valence-electron chi connectivity index (χ4n) is 8.86. The Balaban J connectivity index is 0.000000214. The Kier molecular flexibility index (Phi) is 44.7. The maximum atomic E-state index is 5.89. The summed E-state index contributed by atoms with van der Waals surface area (Å²) < 4.78 is 70.7. The summed E-state index contributed by atoms with van der Waals surface area (Å²) in [6.07, 6.45) is 0. The minimum atomic E-state index is -1.43. The van der Waals surface area contributed by atoms with Gasteiger partial charge in [0.05, 0.1) is 79.3 Å². The second-order valence-corrected chi connectivity index (χ2v) is 26.9. The summed E-state index contributed by atoms with van der Waals surface area (Å²) in [4.78, 5) is 0. The van der Waals surface area contributed by atoms with E-state index < -0.39 is 34.4 Å². The maximum absolute atomic E-state index is 5.89. The molecule has 12 nitrogen and oxygen atoms in total. The fraction of sp³-hybridized carbons (Fsp3) is 0.143. The zero-order valence-corrected chi connectivity index (χ0v) is 64.6. The van der Waals surface area contributed by atoms with Crippen LogP contribution in [0.25, 0.3) is 0 Å². The van der Waals surface area contributed by atoms with Crippen LogP contribution in [-0.2, 0) is 150 Å². The summed E-state index contributed by atoms with van der Waals surface area (Å²) in [5.41, 5.74) is 13.2. The smallest absolute Gasteiger partial charge is 1.00 e. The Morgan fingerprint density at radius 2 is 0.194 bits per heavy atom. The molecule has 0 atom stereocenters. The summed E-state index contributed by atoms with van der Waals surface area (Å²) in [6, 6.07) is 121. The van der Waals surface area contributed by atoms with Gasteiger partial charge in [-0.3, -0.25) is 0 Å². The van der Waals surface area contributed by atoms with Gasteiger partial charge in [0.15, 0.2) is 0 Å². The normalized spacial score (nSPS) is 10.6. The van der Waals surface area contributed by atoms with Crippen molar-refractivity contribution in [1.82, 2.24) is 0 Å². The third kappa shape index (κ3) is 37.2. The zero-order valence-electron chi connectivity index (χ0n) is 56.9. The van der Waals surface area contributed by atoms with Crippen molar-refractivity contribution in [3.8, 4) is 0 Å². The van der Waals surface area contributed by atoms with E-state index in [4.69, 9.17) is 54.3 Å². The monoisotopic (exact) mass is 1620 g/mol. The van der Waals surface area contributed by atoms with Crippen LogP contribution >= 0.6 is 34.4 Å². The van der Waals surface area contributed by atoms with E-state index in [1.165, 1.54) is 0 Å². The van der Waals surface area contributed by atoms with Crippen molar-refractivity contribution in [3.05, 3.63) is 431 Å². The molecule has 103 heavy (non-hydrogen) atoms. The predicted octanol–water partition coefficient (Wildman–Crippen LogP) is 17.5. The number of hydrogen-bond donors (Lipinski definition) is 0. The van der Waals surface area contributed by atoms with Gasteiger partial charge in [-0.1, -0.05) is 364 Å². The van der Waals surface area contributed by atoms with Crippen molar-refractivity contribution >= 4 is 34.4 Å². The molecule has 19 heteroatoms. The summed E-state index contributed by atoms with van der Waals surface area (Å²) in [6.45, 7) is 5.62. The van der Waals surface area contributed by atoms with Gasteiger partial charge >= 0.3 is 50.9 Å². The Hall–Kier alpha value is -6.67. The van der Waals surface area contributed by atoms with Gasteiger partial charge < -0.3 is 88.2 Å². The molecule has 0 saturated heterocycles. The van der Waals surface area contributed by atoms with Crippen LogP contribution in [0.15, 0.2) is 364 Å². The molecule has 0 bridgehead atoms. The quantitative estimate of drug-likeness (QED) is 0.0275. The van der Waals surface area contributed by atoms with Crippen molar-refractivity contribution in [1.29, 1.82) is 0 Å². The third-order valence-electron chi connectivity index (χ3n) is 14.2. The van der Waals surface area contributed by atoms with Crippen LogP contribution < -0.4 is 34.0 Å². The van der Waals surface area contributed by atoms with Crippen LogP contribution in [0.3, 0.4) is 0 Å². The molecule has 0 heterocycles. The van der Waals surface area contributed by atoms with E-state index >= 15 is 0 Å². The van der Waals surface area contributed by atoms with Crippen molar-refractivity contribution in [2.24, 2.45) is 0 Å². The van der Waals surface area contributed by atoms with E-state index in [9.17, 15) is 0 Å². The zero-order chi connectivity index (χ0) is 68.6. The molecule has 12 rings (SSSR count). The summed E-state index contributed by atoms with van der Waals surface area (Å²) >= 11 is 0. The maximum Gasteiger partial charge on any atom is 2.00 e. The number of benzene rings is 12. The largest absolute Gasteiger partial charge is 2.00 e. The van der Waals surface area contributed by atoms with Crippen LogP contribution in [-0.4, -0.2) is 0 Å². The van der Waals surface area contributed by atoms with Crippen molar-refractivity contribution < 1.29 is 105 Å². The fourth-order valence-corrected chi connectivity index (χ4v) is 12.8. The molecule has 0 radical (unpaired) electrons. The summed E-state index contributed by atoms with van der Waals surface area (Å²) in [5.74, 6) is 0. The molecule has 0 amide bonds. The van der Waals surface area contributed by atoms with Gasteiger partial charge in [0, 0.05) is 0 Å². The summed E-state index contributed by atoms with van der Waals surface area (Å²) in [5, 5.41) is 0. The van der Waals surface area contributed by atoms with Crippen molar-refractivity contribution in [3.63, 3.8) is 0 Å². The van der Waals surface area contributed by atoms with Crippen molar-refractivity contribution in [2.75, 3.05) is 0 Å². The third-order valence-corrected chi connectivity index (χ3v) is 18.2. The molecule has 0 aliphatic heterocycles. The van der Waals surface area contributed by atoms with E-state index in [1.807, 2.05) is 364 Å². The Labute approximate surface area is 644 Å². The molecule has 0 unspecified atom stereocenters. The first kappa shape index (κ1) is 85.3. The van der Waals surface area contributed by atoms with Gasteiger partial charge in [-0.05, 0) is 66.8 Å². The standard InChI is InChI=1S/4C21H21O3P.2BrH.Ni/c4*1-4-10-19(11-5-1)16-22-25(23-17-20-12-6-2-7-13-20)24-18-21-14-8-3-9-15-21;;;/h4*1-15H,16-18H2;2*1H;/q;;;;;;+2/p-2. The van der Waals surface area contributed by atoms with Crippen molar-refractivity contribution in [2.45, 2.75) is 79.3 Å². The van der Waals surface area contributed by atoms with E-state index in [2.05, 4.69) is 0 Å². The van der Waals surface area contributed by atoms with Gasteiger partial charge in [-0.25, -0.2) is 0 Å². The molecule has 0 fully saturated rings. The number of rotatable bonds is 36. The molecule has 0 N–H and O–H groups in total. The minimum Gasteiger partial charge on any atom is -1.00 e. The molecule has 0 saturated carbocycles. The van der Waals surface area contributed by atoms with Crippen LogP contribution in [0.2, 0.25) is 0 Å². The summed E-state index contributed by atoms with van der Waals surface area (Å²) in [7, 11) is -5.73. The van der Waals surface area contributed by atoms with Gasteiger partial charge in [0.1, 0.15) is 0 Å². The Bertz CT molecular complexity index is 3010. The first-order valence-electron chi connectivity index (χ1n) is 32.8. The SMILES string of the molecule is [Br-].[Br-].[Ni+2].c1ccc(COP(OCc2ccccc2)OCc2ccccc2)cc1.c1ccc(COP(OCc2ccccc2)OCc2ccccc2)cc1.c1ccc(COP(OCc2ccccc2)OCc2ccccc2)cc1.c1ccc(COP(OCc2ccccc2)OCc2ccccc2)cc1.